The van der Waals surface area contributed by atoms with Gasteiger partial charge in [-0.1, -0.05) is 34.6 Å². The van der Waals surface area contributed by atoms with Crippen molar-refractivity contribution in [2.75, 3.05) is 131 Å². The molecule has 0 saturated carbocycles. The normalized spacial score (nSPS) is 16.3. The lowest BCUT2D eigenvalue weighted by molar-refractivity contribution is -0.0746. The Bertz CT molecular complexity index is 3610. The molecule has 30 heteroatoms. The summed E-state index contributed by atoms with van der Waals surface area (Å²) in [4.78, 5) is 34.6. The lowest BCUT2D eigenvalue weighted by Gasteiger charge is -2.42. The highest BCUT2D eigenvalue weighted by Gasteiger charge is 2.32. The fraction of sp³-hybridized carbons (Fsp3) is 0.393. The molecule has 8 aromatic rings. The molecular formula is C56H62F2N10O16S2. The molecule has 4 saturated heterocycles. The van der Waals surface area contributed by atoms with E-state index >= 15 is 0 Å². The van der Waals surface area contributed by atoms with Gasteiger partial charge in [0.15, 0.2) is 34.7 Å². The third kappa shape index (κ3) is 15.1. The van der Waals surface area contributed by atoms with E-state index in [9.17, 15) is 35.2 Å². The number of halogens is 2. The molecule has 26 nitrogen and oxygen atoms in total. The number of methoxy groups -OCH3 is 2. The van der Waals surface area contributed by atoms with Crippen LogP contribution in [0.25, 0.3) is 67.2 Å². The van der Waals surface area contributed by atoms with Crippen molar-refractivity contribution in [1.82, 2.24) is 50.3 Å². The highest BCUT2D eigenvalue weighted by molar-refractivity contribution is 7.89. The second kappa shape index (κ2) is 27.3. The van der Waals surface area contributed by atoms with Crippen molar-refractivity contribution in [3.63, 3.8) is 0 Å². The number of nitrogens with zero attached hydrogens (tertiary/aromatic N) is 8. The van der Waals surface area contributed by atoms with Crippen molar-refractivity contribution in [2.45, 2.75) is 12.1 Å². The number of H-pyrrole nitrogens is 2. The van der Waals surface area contributed by atoms with E-state index in [1.807, 2.05) is 58.3 Å². The summed E-state index contributed by atoms with van der Waals surface area (Å²) in [6, 6.07) is 25.0. The fourth-order valence-electron chi connectivity index (χ4n) is 9.74. The van der Waals surface area contributed by atoms with Crippen molar-refractivity contribution in [3.8, 4) is 56.9 Å². The highest BCUT2D eigenvalue weighted by atomic mass is 32.2. The summed E-state index contributed by atoms with van der Waals surface area (Å²) < 4.78 is 127. The number of carbonyl (C=O) groups is 2. The van der Waals surface area contributed by atoms with Crippen LogP contribution in [-0.4, -0.2) is 231 Å². The van der Waals surface area contributed by atoms with Gasteiger partial charge in [0, 0.05) is 124 Å². The Kier molecular flexibility index (Phi) is 19.5. The topological polar surface area (TPSA) is 321 Å². The molecule has 458 valence electrons. The SMILES string of the molecule is COCCOc1cc2[nH]nc(-c3cc(-c4ccc(C(=O)N5CCN(C6COC6)CC5)cc4)no3)c2cc1F.COCCOc1cc2[nH]nc(-c3cc(-c4ccc(C(=O)N5CCN(C6COC6)CC5)cc4)no3)c2cc1F.O=S(=O)(O)CCS(=O)(=O)O. The van der Waals surface area contributed by atoms with Crippen molar-refractivity contribution < 1.29 is 81.8 Å². The van der Waals surface area contributed by atoms with Crippen molar-refractivity contribution in [3.05, 3.63) is 108 Å². The van der Waals surface area contributed by atoms with E-state index in [4.69, 9.17) is 46.6 Å². The Morgan fingerprint density at radius 1 is 0.558 bits per heavy atom. The van der Waals surface area contributed by atoms with Crippen LogP contribution in [0.4, 0.5) is 8.78 Å². The monoisotopic (exact) mass is 1230 g/mol. The molecule has 8 heterocycles. The molecular weight excluding hydrogens is 1170 g/mol. The average molecular weight is 1230 g/mol. The lowest BCUT2D eigenvalue weighted by atomic mass is 10.1. The molecule has 0 aliphatic carbocycles. The summed E-state index contributed by atoms with van der Waals surface area (Å²) in [6.07, 6.45) is 0. The minimum atomic E-state index is -4.30. The molecule has 86 heavy (non-hydrogen) atoms. The highest BCUT2D eigenvalue weighted by Crippen LogP contribution is 2.35. The molecule has 4 aromatic heterocycles. The smallest absolute Gasteiger partial charge is 0.265 e. The standard InChI is InChI=1S/2C27H28FN5O5.C2H6O6S2/c2*1-35-10-11-37-24-14-23-20(12-21(24)28)26(30-29-23)25-13-22(31-38-25)17-2-4-18(5-3-17)27(34)33-8-6-32(7-9-33)19-15-36-16-19;3-9(4,5)1-2-10(6,7)8/h2*2-5,12-14,19H,6-11,15-16H2,1H3,(H,29,30);1-2H2,(H,3,4,5)(H,6,7,8). The second-order valence-electron chi connectivity index (χ2n) is 20.4. The molecule has 2 amide bonds. The first-order valence-electron chi connectivity index (χ1n) is 27.3. The van der Waals surface area contributed by atoms with E-state index in [0.717, 1.165) is 63.7 Å². The minimum absolute atomic E-state index is 0.0255. The number of benzene rings is 4. The van der Waals surface area contributed by atoms with Crippen LogP contribution in [0, 0.1) is 11.6 Å². The zero-order chi connectivity index (χ0) is 60.5. The van der Waals surface area contributed by atoms with E-state index in [1.54, 1.807) is 38.5 Å². The number of aromatic amines is 2. The van der Waals surface area contributed by atoms with E-state index in [2.05, 4.69) is 40.5 Å². The maximum absolute atomic E-state index is 14.6. The van der Waals surface area contributed by atoms with Gasteiger partial charge in [-0.2, -0.15) is 27.0 Å². The summed E-state index contributed by atoms with van der Waals surface area (Å²) in [5.41, 5.74) is 6.15. The van der Waals surface area contributed by atoms with Crippen molar-refractivity contribution in [2.24, 2.45) is 0 Å². The van der Waals surface area contributed by atoms with E-state index in [-0.39, 0.29) is 36.5 Å². The Hall–Kier alpha value is -7.78. The van der Waals surface area contributed by atoms with Crippen LogP contribution in [0.15, 0.2) is 94.0 Å². The number of fused-ring (bicyclic) bond motifs is 2. The summed E-state index contributed by atoms with van der Waals surface area (Å²) in [7, 11) is -5.48. The van der Waals surface area contributed by atoms with E-state index < -0.39 is 43.4 Å². The van der Waals surface area contributed by atoms with Crippen LogP contribution < -0.4 is 9.47 Å². The zero-order valence-electron chi connectivity index (χ0n) is 46.7. The Balaban J connectivity index is 0.000000165. The minimum Gasteiger partial charge on any atom is -0.488 e. The Morgan fingerprint density at radius 2 is 0.930 bits per heavy atom. The van der Waals surface area contributed by atoms with E-state index in [0.29, 0.717) is 119 Å². The number of rotatable bonds is 19. The summed E-state index contributed by atoms with van der Waals surface area (Å²) in [6.45, 7) is 10.7. The first-order chi connectivity index (χ1) is 41.4. The predicted octanol–water partition coefficient (Wildman–Crippen LogP) is 5.17. The second-order valence-corrected chi connectivity index (χ2v) is 23.5. The van der Waals surface area contributed by atoms with Crippen molar-refractivity contribution >= 4 is 53.9 Å². The number of aromatic nitrogens is 6. The van der Waals surface area contributed by atoms with Crippen LogP contribution in [0.2, 0.25) is 0 Å². The van der Waals surface area contributed by atoms with Crippen LogP contribution >= 0.6 is 0 Å². The van der Waals surface area contributed by atoms with Crippen LogP contribution in [0.3, 0.4) is 0 Å². The number of hydrogen-bond acceptors (Lipinski definition) is 20. The van der Waals surface area contributed by atoms with E-state index in [1.165, 1.54) is 12.1 Å². The summed E-state index contributed by atoms with van der Waals surface area (Å²) in [5, 5.41) is 23.8. The molecule has 4 N–H and O–H groups in total. The number of nitrogens with one attached hydrogen (secondary N) is 2. The molecule has 4 aromatic carbocycles. The molecule has 0 bridgehead atoms. The van der Waals surface area contributed by atoms with Gasteiger partial charge in [-0.15, -0.1) is 0 Å². The van der Waals surface area contributed by atoms with Crippen LogP contribution in [-0.2, 0) is 39.2 Å². The maximum atomic E-state index is 14.6. The third-order valence-electron chi connectivity index (χ3n) is 14.7. The Morgan fingerprint density at radius 3 is 1.26 bits per heavy atom. The first kappa shape index (κ1) is 61.3. The van der Waals surface area contributed by atoms with Gasteiger partial charge in [-0.3, -0.25) is 38.7 Å². The van der Waals surface area contributed by atoms with Gasteiger partial charge in [0.2, 0.25) is 0 Å². The largest absolute Gasteiger partial charge is 0.488 e. The maximum Gasteiger partial charge on any atom is 0.265 e. The van der Waals surface area contributed by atoms with Crippen molar-refractivity contribution in [1.29, 1.82) is 0 Å². The van der Waals surface area contributed by atoms with Gasteiger partial charge in [0.1, 0.15) is 36.0 Å². The summed E-state index contributed by atoms with van der Waals surface area (Å²) in [5.74, 6) is -1.89. The molecule has 4 fully saturated rings. The van der Waals surface area contributed by atoms with Crippen LogP contribution in [0.1, 0.15) is 20.7 Å². The quantitative estimate of drug-likeness (QED) is 0.0599. The number of hydrogen-bond donors (Lipinski definition) is 4. The zero-order valence-corrected chi connectivity index (χ0v) is 48.4. The van der Waals surface area contributed by atoms with Gasteiger partial charge in [-0.05, 0) is 36.4 Å². The molecule has 0 radical (unpaired) electrons. The average Bonchev–Trinajstić information content (AvgIpc) is 3.98. The summed E-state index contributed by atoms with van der Waals surface area (Å²) >= 11 is 0. The molecule has 4 aliphatic heterocycles. The molecule has 0 unspecified atom stereocenters. The molecule has 0 spiro atoms. The molecule has 12 rings (SSSR count). The first-order valence-corrected chi connectivity index (χ1v) is 30.5. The number of piperazine rings is 2. The fourth-order valence-corrected chi connectivity index (χ4v) is 11.4. The van der Waals surface area contributed by atoms with Crippen LogP contribution in [0.5, 0.6) is 11.5 Å². The van der Waals surface area contributed by atoms with Gasteiger partial charge >= 0.3 is 0 Å². The van der Waals surface area contributed by atoms with Gasteiger partial charge in [0.05, 0.1) is 74.3 Å². The number of amides is 2. The number of ether oxygens (including phenoxy) is 6. The van der Waals surface area contributed by atoms with Gasteiger partial charge in [-0.25, -0.2) is 8.78 Å². The molecule has 0 atom stereocenters. The van der Waals surface area contributed by atoms with Gasteiger partial charge < -0.3 is 47.3 Å². The number of carbonyl (C=O) groups excluding carboxylic acids is 2. The lowest BCUT2D eigenvalue weighted by Crippen LogP contribution is -2.57. The predicted molar refractivity (Wildman–Crippen MR) is 306 cm³/mol. The Labute approximate surface area is 491 Å². The molecule has 4 aliphatic rings. The third-order valence-corrected chi connectivity index (χ3v) is 16.4. The van der Waals surface area contributed by atoms with Gasteiger partial charge in [0.25, 0.3) is 32.1 Å².